The molecular weight excluding hydrogens is 432 g/mol. The normalized spacial score (nSPS) is 11.8. The van der Waals surface area contributed by atoms with Crippen molar-refractivity contribution in [1.29, 1.82) is 0 Å². The average Bonchev–Trinajstić information content (AvgIpc) is 3.29. The number of rotatable bonds is 9. The minimum absolute atomic E-state index is 0.213. The molecule has 1 heterocycles. The fraction of sp³-hybridized carbons (Fsp3) is 0.241. The van der Waals surface area contributed by atoms with E-state index in [0.717, 1.165) is 19.5 Å². The highest BCUT2D eigenvalue weighted by Crippen LogP contribution is 2.38. The summed E-state index contributed by atoms with van der Waals surface area (Å²) in [6.45, 7) is 6.38. The molecule has 0 fully saturated rings. The molecule has 0 radical (unpaired) electrons. The van der Waals surface area contributed by atoms with E-state index in [1.807, 2.05) is 6.07 Å². The second-order valence-corrected chi connectivity index (χ2v) is 8.69. The number of nitrogens with zero attached hydrogens (tertiary/aromatic N) is 1. The van der Waals surface area contributed by atoms with E-state index in [0.29, 0.717) is 12.3 Å². The maximum Gasteiger partial charge on any atom is 0.173 e. The second kappa shape index (κ2) is 10.3. The van der Waals surface area contributed by atoms with E-state index >= 15 is 0 Å². The molecule has 34 heavy (non-hydrogen) atoms. The molecule has 0 atom stereocenters. The molecule has 1 aromatic heterocycles. The zero-order valence-electron chi connectivity index (χ0n) is 19.5. The minimum atomic E-state index is -1.84. The van der Waals surface area contributed by atoms with Gasteiger partial charge in [-0.1, -0.05) is 61.0 Å². The van der Waals surface area contributed by atoms with Gasteiger partial charge in [0, 0.05) is 6.54 Å². The maximum atomic E-state index is 14.1. The van der Waals surface area contributed by atoms with Gasteiger partial charge in [0.05, 0.1) is 6.54 Å². The Kier molecular flexibility index (Phi) is 7.25. The summed E-state index contributed by atoms with van der Waals surface area (Å²) in [6, 6.07) is 23.3. The molecule has 0 aliphatic carbocycles. The van der Waals surface area contributed by atoms with Crippen molar-refractivity contribution in [2.24, 2.45) is 0 Å². The Morgan fingerprint density at radius 3 is 2.00 bits per heavy atom. The largest absolute Gasteiger partial charge is 0.461 e. The summed E-state index contributed by atoms with van der Waals surface area (Å²) >= 11 is 0. The third kappa shape index (κ3) is 5.27. The molecule has 0 saturated carbocycles. The van der Waals surface area contributed by atoms with E-state index in [9.17, 15) is 13.9 Å². The molecule has 3 aromatic carbocycles. The number of benzene rings is 3. The highest BCUT2D eigenvalue weighted by molar-refractivity contribution is 5.44. The molecule has 4 rings (SSSR count). The van der Waals surface area contributed by atoms with E-state index in [1.54, 1.807) is 18.2 Å². The van der Waals surface area contributed by atoms with Crippen molar-refractivity contribution in [3.05, 3.63) is 130 Å². The summed E-state index contributed by atoms with van der Waals surface area (Å²) in [5.41, 5.74) is 1.13. The molecule has 0 aliphatic rings. The fourth-order valence-electron chi connectivity index (χ4n) is 4.24. The Morgan fingerprint density at radius 1 is 0.824 bits per heavy atom. The SMILES string of the molecule is CCCN(Cc1ccc(C)cc1)Cc1ccc(C(O)(c2cccc(F)c2)c2cccc(F)c2)o1. The predicted molar refractivity (Wildman–Crippen MR) is 129 cm³/mol. The van der Waals surface area contributed by atoms with Crippen LogP contribution in [0.15, 0.2) is 89.3 Å². The zero-order chi connectivity index (χ0) is 24.1. The quantitative estimate of drug-likeness (QED) is 0.307. The fourth-order valence-corrected chi connectivity index (χ4v) is 4.24. The van der Waals surface area contributed by atoms with Crippen LogP contribution in [0.2, 0.25) is 0 Å². The van der Waals surface area contributed by atoms with Crippen LogP contribution in [-0.4, -0.2) is 16.6 Å². The lowest BCUT2D eigenvalue weighted by molar-refractivity contribution is 0.0945. The van der Waals surface area contributed by atoms with Crippen LogP contribution in [0.5, 0.6) is 0 Å². The van der Waals surface area contributed by atoms with Crippen molar-refractivity contribution in [3.8, 4) is 0 Å². The molecule has 4 aromatic rings. The van der Waals surface area contributed by atoms with E-state index in [1.165, 1.54) is 47.5 Å². The van der Waals surface area contributed by atoms with Crippen LogP contribution < -0.4 is 0 Å². The predicted octanol–water partition coefficient (Wildman–Crippen LogP) is 6.56. The molecule has 1 N–H and O–H groups in total. The molecule has 0 saturated heterocycles. The number of aryl methyl sites for hydroxylation is 1. The van der Waals surface area contributed by atoms with E-state index in [-0.39, 0.29) is 16.9 Å². The first-order valence-electron chi connectivity index (χ1n) is 11.5. The van der Waals surface area contributed by atoms with Gasteiger partial charge in [0.2, 0.25) is 0 Å². The minimum Gasteiger partial charge on any atom is -0.461 e. The van der Waals surface area contributed by atoms with Crippen LogP contribution in [0, 0.1) is 18.6 Å². The first-order valence-corrected chi connectivity index (χ1v) is 11.5. The lowest BCUT2D eigenvalue weighted by atomic mass is 9.84. The Bertz CT molecular complexity index is 1190. The zero-order valence-corrected chi connectivity index (χ0v) is 19.5. The van der Waals surface area contributed by atoms with Gasteiger partial charge < -0.3 is 9.52 Å². The Balaban J connectivity index is 1.66. The third-order valence-electron chi connectivity index (χ3n) is 5.95. The first kappa shape index (κ1) is 23.9. The molecule has 5 heteroatoms. The lowest BCUT2D eigenvalue weighted by Gasteiger charge is -2.27. The van der Waals surface area contributed by atoms with Gasteiger partial charge >= 0.3 is 0 Å². The van der Waals surface area contributed by atoms with Crippen molar-refractivity contribution in [2.75, 3.05) is 6.54 Å². The Hall–Kier alpha value is -3.28. The van der Waals surface area contributed by atoms with Crippen molar-refractivity contribution in [1.82, 2.24) is 4.90 Å². The first-order chi connectivity index (χ1) is 16.4. The molecular formula is C29H29F2NO2. The van der Waals surface area contributed by atoms with Crippen molar-refractivity contribution >= 4 is 0 Å². The van der Waals surface area contributed by atoms with Crippen LogP contribution in [0.25, 0.3) is 0 Å². The van der Waals surface area contributed by atoms with Gasteiger partial charge in [-0.05, 0) is 73.0 Å². The summed E-state index contributed by atoms with van der Waals surface area (Å²) in [5, 5.41) is 11.8. The van der Waals surface area contributed by atoms with Crippen LogP contribution in [0.3, 0.4) is 0 Å². The molecule has 0 unspecified atom stereocenters. The van der Waals surface area contributed by atoms with Crippen LogP contribution in [0.4, 0.5) is 8.78 Å². The molecule has 0 bridgehead atoms. The average molecular weight is 462 g/mol. The summed E-state index contributed by atoms with van der Waals surface area (Å²) in [6.07, 6.45) is 0.982. The van der Waals surface area contributed by atoms with Crippen LogP contribution in [-0.2, 0) is 18.7 Å². The Morgan fingerprint density at radius 2 is 1.44 bits per heavy atom. The van der Waals surface area contributed by atoms with Crippen LogP contribution >= 0.6 is 0 Å². The van der Waals surface area contributed by atoms with Crippen molar-refractivity contribution < 1.29 is 18.3 Å². The van der Waals surface area contributed by atoms with E-state index in [4.69, 9.17) is 4.42 Å². The van der Waals surface area contributed by atoms with Gasteiger partial charge in [-0.2, -0.15) is 0 Å². The number of hydrogen-bond donors (Lipinski definition) is 1. The molecule has 176 valence electrons. The van der Waals surface area contributed by atoms with Gasteiger partial charge in [0.15, 0.2) is 5.60 Å². The molecule has 0 aliphatic heterocycles. The van der Waals surface area contributed by atoms with Crippen LogP contribution in [0.1, 0.15) is 47.1 Å². The third-order valence-corrected chi connectivity index (χ3v) is 5.95. The van der Waals surface area contributed by atoms with Gasteiger partial charge in [-0.3, -0.25) is 4.90 Å². The summed E-state index contributed by atoms with van der Waals surface area (Å²) in [4.78, 5) is 2.27. The number of aliphatic hydroxyl groups is 1. The summed E-state index contributed by atoms with van der Waals surface area (Å²) in [7, 11) is 0. The summed E-state index contributed by atoms with van der Waals surface area (Å²) in [5.74, 6) is -0.107. The van der Waals surface area contributed by atoms with Crippen molar-refractivity contribution in [2.45, 2.75) is 39.0 Å². The Labute approximate surface area is 199 Å². The second-order valence-electron chi connectivity index (χ2n) is 8.69. The van der Waals surface area contributed by atoms with E-state index < -0.39 is 17.2 Å². The summed E-state index contributed by atoms with van der Waals surface area (Å²) < 4.78 is 34.3. The van der Waals surface area contributed by atoms with Gasteiger partial charge in [-0.15, -0.1) is 0 Å². The number of furan rings is 1. The topological polar surface area (TPSA) is 36.6 Å². The molecule has 0 spiro atoms. The van der Waals surface area contributed by atoms with Gasteiger partial charge in [-0.25, -0.2) is 8.78 Å². The van der Waals surface area contributed by atoms with Gasteiger partial charge in [0.1, 0.15) is 23.2 Å². The molecule has 3 nitrogen and oxygen atoms in total. The molecule has 0 amide bonds. The number of halogens is 2. The van der Waals surface area contributed by atoms with Gasteiger partial charge in [0.25, 0.3) is 0 Å². The van der Waals surface area contributed by atoms with Crippen molar-refractivity contribution in [3.63, 3.8) is 0 Å². The monoisotopic (exact) mass is 461 g/mol. The lowest BCUT2D eigenvalue weighted by Crippen LogP contribution is -2.28. The smallest absolute Gasteiger partial charge is 0.173 e. The highest BCUT2D eigenvalue weighted by atomic mass is 19.1. The highest BCUT2D eigenvalue weighted by Gasteiger charge is 2.38. The van der Waals surface area contributed by atoms with E-state index in [2.05, 4.69) is 43.0 Å². The number of hydrogen-bond acceptors (Lipinski definition) is 3. The maximum absolute atomic E-state index is 14.1. The standard InChI is InChI=1S/C29H29F2NO2/c1-3-16-32(19-22-12-10-21(2)11-13-22)20-27-14-15-28(34-27)29(33,23-6-4-8-25(30)17-23)24-7-5-9-26(31)18-24/h4-15,17-18,33H,3,16,19-20H2,1-2H3.